The van der Waals surface area contributed by atoms with Crippen molar-refractivity contribution in [3.63, 3.8) is 0 Å². The van der Waals surface area contributed by atoms with E-state index in [1.165, 1.54) is 16.7 Å². The maximum absolute atomic E-state index is 13.3. The van der Waals surface area contributed by atoms with Gasteiger partial charge < -0.3 is 26.4 Å². The molecule has 182 valence electrons. The monoisotopic (exact) mass is 484 g/mol. The van der Waals surface area contributed by atoms with Crippen molar-refractivity contribution < 1.29 is 19.5 Å². The second-order valence-corrected chi connectivity index (χ2v) is 10.4. The van der Waals surface area contributed by atoms with Gasteiger partial charge in [-0.15, -0.1) is 11.8 Å². The first-order valence-corrected chi connectivity index (χ1v) is 12.3. The Morgan fingerprint density at radius 3 is 2.38 bits per heavy atom. The number of nitrogens with two attached hydrogens (primary N) is 1. The van der Waals surface area contributed by atoms with Crippen molar-refractivity contribution in [3.8, 4) is 0 Å². The number of nitrogens with one attached hydrogen (secondary N) is 2. The molecule has 1 unspecified atom stereocenters. The molecule has 3 atom stereocenters. The standard InChI is InChI=1S/C25H32N4O4S/c1-25(2,3)28-23(32)20-14-34-15-29(20)24(33)21(30)19(13-16-7-5-4-6-8-16)27-22(31)17-9-11-18(26)12-10-17/h4-12,19-21,30H,13-15,26H2,1-3H3,(H,27,31)(H,28,32)/t19-,20?,21-/m0/s1. The number of carbonyl (C=O) groups excluding carboxylic acids is 3. The molecule has 8 nitrogen and oxygen atoms in total. The van der Waals surface area contributed by atoms with Crippen molar-refractivity contribution in [3.05, 3.63) is 65.7 Å². The molecule has 5 N–H and O–H groups in total. The number of rotatable bonds is 7. The van der Waals surface area contributed by atoms with Gasteiger partial charge in [0.25, 0.3) is 11.8 Å². The highest BCUT2D eigenvalue weighted by Gasteiger charge is 2.40. The van der Waals surface area contributed by atoms with E-state index in [0.717, 1.165) is 5.56 Å². The number of amides is 3. The van der Waals surface area contributed by atoms with Gasteiger partial charge in [0.2, 0.25) is 5.91 Å². The summed E-state index contributed by atoms with van der Waals surface area (Å²) in [4.78, 5) is 40.4. The van der Waals surface area contributed by atoms with Gasteiger partial charge in [0.15, 0.2) is 6.10 Å². The van der Waals surface area contributed by atoms with E-state index in [9.17, 15) is 19.5 Å². The zero-order valence-corrected chi connectivity index (χ0v) is 20.5. The highest BCUT2D eigenvalue weighted by atomic mass is 32.2. The predicted molar refractivity (Wildman–Crippen MR) is 134 cm³/mol. The van der Waals surface area contributed by atoms with Crippen LogP contribution in [0, 0.1) is 0 Å². The quantitative estimate of drug-likeness (QED) is 0.444. The van der Waals surface area contributed by atoms with Crippen molar-refractivity contribution >= 4 is 35.2 Å². The molecule has 34 heavy (non-hydrogen) atoms. The lowest BCUT2D eigenvalue weighted by molar-refractivity contribution is -0.146. The summed E-state index contributed by atoms with van der Waals surface area (Å²) in [5.41, 5.74) is 7.01. The summed E-state index contributed by atoms with van der Waals surface area (Å²) in [5.74, 6) is -0.532. The third-order valence-corrected chi connectivity index (χ3v) is 6.40. The van der Waals surface area contributed by atoms with Crippen LogP contribution in [0.4, 0.5) is 5.69 Å². The first-order valence-electron chi connectivity index (χ1n) is 11.1. The molecule has 1 saturated heterocycles. The van der Waals surface area contributed by atoms with Crippen LogP contribution in [0.3, 0.4) is 0 Å². The number of aliphatic hydroxyl groups is 1. The number of nitrogen functional groups attached to an aromatic ring is 1. The molecule has 1 heterocycles. The molecule has 0 spiro atoms. The van der Waals surface area contributed by atoms with Gasteiger partial charge in [0.05, 0.1) is 11.9 Å². The minimum atomic E-state index is -1.53. The number of thioether (sulfide) groups is 1. The molecule has 0 radical (unpaired) electrons. The molecular weight excluding hydrogens is 452 g/mol. The molecule has 0 aromatic heterocycles. The van der Waals surface area contributed by atoms with Gasteiger partial charge in [-0.25, -0.2) is 0 Å². The maximum atomic E-state index is 13.3. The summed E-state index contributed by atoms with van der Waals surface area (Å²) in [6.45, 7) is 5.61. The average Bonchev–Trinajstić information content (AvgIpc) is 3.28. The lowest BCUT2D eigenvalue weighted by Crippen LogP contribution is -2.57. The van der Waals surface area contributed by atoms with Crippen molar-refractivity contribution in [2.24, 2.45) is 0 Å². The van der Waals surface area contributed by atoms with Crippen LogP contribution in [0.25, 0.3) is 0 Å². The Balaban J connectivity index is 1.79. The van der Waals surface area contributed by atoms with Gasteiger partial charge in [-0.2, -0.15) is 0 Å². The fourth-order valence-corrected chi connectivity index (χ4v) is 4.83. The van der Waals surface area contributed by atoms with Crippen molar-refractivity contribution in [2.75, 3.05) is 17.4 Å². The fraction of sp³-hybridized carbons (Fsp3) is 0.400. The van der Waals surface area contributed by atoms with Crippen LogP contribution >= 0.6 is 11.8 Å². The first-order chi connectivity index (χ1) is 16.0. The lowest BCUT2D eigenvalue weighted by atomic mass is 9.99. The molecule has 0 aliphatic carbocycles. The number of anilines is 1. The van der Waals surface area contributed by atoms with Crippen LogP contribution in [-0.2, 0) is 16.0 Å². The number of aliphatic hydroxyl groups excluding tert-OH is 1. The van der Waals surface area contributed by atoms with E-state index >= 15 is 0 Å². The van der Waals surface area contributed by atoms with E-state index in [4.69, 9.17) is 5.73 Å². The predicted octanol–water partition coefficient (Wildman–Crippen LogP) is 1.79. The van der Waals surface area contributed by atoms with Crippen molar-refractivity contribution in [2.45, 2.75) is 50.9 Å². The van der Waals surface area contributed by atoms with Crippen LogP contribution in [0.5, 0.6) is 0 Å². The van der Waals surface area contributed by atoms with Crippen LogP contribution in [0.1, 0.15) is 36.7 Å². The summed E-state index contributed by atoms with van der Waals surface area (Å²) in [7, 11) is 0. The van der Waals surface area contributed by atoms with Gasteiger partial charge in [-0.1, -0.05) is 30.3 Å². The summed E-state index contributed by atoms with van der Waals surface area (Å²) >= 11 is 1.45. The zero-order valence-electron chi connectivity index (χ0n) is 19.7. The molecular formula is C25H32N4O4S. The molecule has 1 aliphatic heterocycles. The third kappa shape index (κ3) is 6.74. The smallest absolute Gasteiger partial charge is 0.254 e. The molecule has 3 amide bonds. The molecule has 1 aliphatic rings. The highest BCUT2D eigenvalue weighted by Crippen LogP contribution is 2.24. The van der Waals surface area contributed by atoms with Crippen LogP contribution < -0.4 is 16.4 Å². The minimum Gasteiger partial charge on any atom is -0.399 e. The van der Waals surface area contributed by atoms with Gasteiger partial charge in [0, 0.05) is 22.5 Å². The van der Waals surface area contributed by atoms with E-state index in [0.29, 0.717) is 22.9 Å². The summed E-state index contributed by atoms with van der Waals surface area (Å²) in [6, 6.07) is 14.1. The van der Waals surface area contributed by atoms with Gasteiger partial charge in [-0.3, -0.25) is 14.4 Å². The number of nitrogens with zero attached hydrogens (tertiary/aromatic N) is 1. The first kappa shape index (κ1) is 25.6. The topological polar surface area (TPSA) is 125 Å². The number of carbonyl (C=O) groups is 3. The zero-order chi connectivity index (χ0) is 24.9. The molecule has 0 bridgehead atoms. The average molecular weight is 485 g/mol. The number of hydrogen-bond donors (Lipinski definition) is 4. The number of benzene rings is 2. The minimum absolute atomic E-state index is 0.244. The van der Waals surface area contributed by atoms with Crippen LogP contribution in [0.2, 0.25) is 0 Å². The van der Waals surface area contributed by atoms with Crippen molar-refractivity contribution in [1.82, 2.24) is 15.5 Å². The Kier molecular flexibility index (Phi) is 8.22. The van der Waals surface area contributed by atoms with E-state index < -0.39 is 35.5 Å². The van der Waals surface area contributed by atoms with Gasteiger partial charge in [-0.05, 0) is 57.0 Å². The third-order valence-electron chi connectivity index (χ3n) is 5.39. The SMILES string of the molecule is CC(C)(C)NC(=O)C1CSCN1C(=O)[C@@H](O)[C@H](Cc1ccccc1)NC(=O)c1ccc(N)cc1. The molecule has 0 saturated carbocycles. The van der Waals surface area contributed by atoms with E-state index in [2.05, 4.69) is 10.6 Å². The largest absolute Gasteiger partial charge is 0.399 e. The Labute approximate surface area is 204 Å². The van der Waals surface area contributed by atoms with Crippen molar-refractivity contribution in [1.29, 1.82) is 0 Å². The molecule has 2 aromatic rings. The Bertz CT molecular complexity index is 1010. The van der Waals surface area contributed by atoms with Gasteiger partial charge in [0.1, 0.15) is 6.04 Å². The van der Waals surface area contributed by atoms with E-state index in [1.54, 1.807) is 24.3 Å². The van der Waals surface area contributed by atoms with E-state index in [1.807, 2.05) is 51.1 Å². The Morgan fingerprint density at radius 1 is 1.12 bits per heavy atom. The Hall–Kier alpha value is -3.04. The van der Waals surface area contributed by atoms with Gasteiger partial charge >= 0.3 is 0 Å². The summed E-state index contributed by atoms with van der Waals surface area (Å²) in [6.07, 6.45) is -1.28. The normalized spacial score (nSPS) is 17.6. The molecule has 3 rings (SSSR count). The molecule has 9 heteroatoms. The maximum Gasteiger partial charge on any atom is 0.254 e. The number of hydrogen-bond acceptors (Lipinski definition) is 6. The highest BCUT2D eigenvalue weighted by molar-refractivity contribution is 7.99. The second kappa shape index (κ2) is 10.9. The lowest BCUT2D eigenvalue weighted by Gasteiger charge is -2.31. The molecule has 1 fully saturated rings. The molecule has 2 aromatic carbocycles. The second-order valence-electron chi connectivity index (χ2n) is 9.40. The fourth-order valence-electron chi connectivity index (χ4n) is 3.67. The van der Waals surface area contributed by atoms with E-state index in [-0.39, 0.29) is 12.3 Å². The summed E-state index contributed by atoms with van der Waals surface area (Å²) < 4.78 is 0. The Morgan fingerprint density at radius 2 is 1.76 bits per heavy atom. The van der Waals surface area contributed by atoms with Crippen LogP contribution in [-0.4, -0.2) is 63.1 Å². The summed E-state index contributed by atoms with van der Waals surface area (Å²) in [5, 5.41) is 16.8. The van der Waals surface area contributed by atoms with Crippen LogP contribution in [0.15, 0.2) is 54.6 Å².